The molecule has 0 amide bonds. The van der Waals surface area contributed by atoms with E-state index in [1.165, 1.54) is 0 Å². The molecule has 1 fully saturated rings. The third-order valence-electron chi connectivity index (χ3n) is 1.84. The van der Waals surface area contributed by atoms with Gasteiger partial charge in [0.05, 0.1) is 18.2 Å². The Morgan fingerprint density at radius 3 is 2.12 bits per heavy atom. The van der Waals surface area contributed by atoms with Gasteiger partial charge in [-0.2, -0.15) is 0 Å². The van der Waals surface area contributed by atoms with Gasteiger partial charge in [-0.3, -0.25) is 0 Å². The summed E-state index contributed by atoms with van der Waals surface area (Å²) >= 11 is 14.7. The van der Waals surface area contributed by atoms with Gasteiger partial charge in [-0.25, -0.2) is 0 Å². The number of alkyl halides is 1. The summed E-state index contributed by atoms with van der Waals surface area (Å²) in [4.78, 5) is 0. The van der Waals surface area contributed by atoms with Crippen molar-refractivity contribution in [2.45, 2.75) is 20.1 Å². The normalized spacial score (nSPS) is 14.5. The van der Waals surface area contributed by atoms with E-state index in [0.29, 0.717) is 23.3 Å². The van der Waals surface area contributed by atoms with Gasteiger partial charge in [0.25, 0.3) is 0 Å². The highest BCUT2D eigenvalue weighted by molar-refractivity contribution is 9.08. The summed E-state index contributed by atoms with van der Waals surface area (Å²) < 4.78 is 10.6. The van der Waals surface area contributed by atoms with E-state index in [2.05, 4.69) is 15.9 Å². The zero-order chi connectivity index (χ0) is 13.3. The Morgan fingerprint density at radius 2 is 1.65 bits per heavy atom. The number of halogens is 3. The van der Waals surface area contributed by atoms with Crippen molar-refractivity contribution in [1.29, 1.82) is 0 Å². The molecule has 5 heteroatoms. The minimum atomic E-state index is -0.329. The standard InChI is InChI=1S/C9H8Cl2O2.C2H6.CH3Br/c10-6-1-2-7(8(11)5-6)9-12-3-4-13-9;2*1-2/h1-2,5,9H,3-4H2;1-2H3;1H3. The molecule has 2 rings (SSSR count). The number of rotatable bonds is 1. The number of benzene rings is 1. The zero-order valence-corrected chi connectivity index (χ0v) is 13.3. The van der Waals surface area contributed by atoms with Crippen LogP contribution in [-0.4, -0.2) is 19.0 Å². The molecule has 1 saturated heterocycles. The molecule has 0 unspecified atom stereocenters. The fourth-order valence-electron chi connectivity index (χ4n) is 1.23. The van der Waals surface area contributed by atoms with Gasteiger partial charge in [-0.1, -0.05) is 59.0 Å². The van der Waals surface area contributed by atoms with Gasteiger partial charge in [0.1, 0.15) is 0 Å². The van der Waals surface area contributed by atoms with Crippen molar-refractivity contribution in [3.05, 3.63) is 33.8 Å². The molecule has 0 aliphatic carbocycles. The lowest BCUT2D eigenvalue weighted by atomic mass is 10.2. The first kappa shape index (κ1) is 17.2. The van der Waals surface area contributed by atoms with Crippen LogP contribution in [0.3, 0.4) is 0 Å². The molecule has 0 bridgehead atoms. The van der Waals surface area contributed by atoms with Crippen LogP contribution in [0.1, 0.15) is 25.7 Å². The molecule has 98 valence electrons. The van der Waals surface area contributed by atoms with Crippen LogP contribution < -0.4 is 0 Å². The average molecular weight is 344 g/mol. The maximum atomic E-state index is 5.97. The molecule has 1 aliphatic rings. The first-order chi connectivity index (χ1) is 8.27. The van der Waals surface area contributed by atoms with Crippen molar-refractivity contribution in [1.82, 2.24) is 0 Å². The van der Waals surface area contributed by atoms with Crippen LogP contribution >= 0.6 is 39.1 Å². The molecular formula is C12H17BrCl2O2. The van der Waals surface area contributed by atoms with Crippen molar-refractivity contribution >= 4 is 39.1 Å². The minimum absolute atomic E-state index is 0.329. The molecule has 0 radical (unpaired) electrons. The molecule has 0 spiro atoms. The van der Waals surface area contributed by atoms with E-state index in [0.717, 1.165) is 5.56 Å². The van der Waals surface area contributed by atoms with Crippen LogP contribution in [0, 0.1) is 0 Å². The number of ether oxygens (including phenoxy) is 2. The molecule has 1 aliphatic heterocycles. The molecule has 0 saturated carbocycles. The van der Waals surface area contributed by atoms with Crippen LogP contribution in [0.5, 0.6) is 0 Å². The van der Waals surface area contributed by atoms with Crippen molar-refractivity contribution in [2.75, 3.05) is 19.0 Å². The predicted molar refractivity (Wildman–Crippen MR) is 77.3 cm³/mol. The highest BCUT2D eigenvalue weighted by Crippen LogP contribution is 2.31. The topological polar surface area (TPSA) is 18.5 Å². The fraction of sp³-hybridized carbons (Fsp3) is 0.500. The Balaban J connectivity index is 0.000000581. The van der Waals surface area contributed by atoms with E-state index in [1.54, 1.807) is 12.1 Å². The number of hydrogen-bond acceptors (Lipinski definition) is 2. The lowest BCUT2D eigenvalue weighted by Gasteiger charge is -2.10. The summed E-state index contributed by atoms with van der Waals surface area (Å²) in [6.45, 7) is 5.23. The second kappa shape index (κ2) is 10.2. The summed E-state index contributed by atoms with van der Waals surface area (Å²) in [5.41, 5.74) is 0.837. The third kappa shape index (κ3) is 5.58. The van der Waals surface area contributed by atoms with Crippen molar-refractivity contribution in [2.24, 2.45) is 0 Å². The average Bonchev–Trinajstić information content (AvgIpc) is 2.88. The SMILES string of the molecule is CBr.CC.Clc1ccc(C2OCCO2)c(Cl)c1. The Hall–Kier alpha value is 0.200. The molecule has 0 atom stereocenters. The van der Waals surface area contributed by atoms with Gasteiger partial charge in [0.15, 0.2) is 6.29 Å². The zero-order valence-electron chi connectivity index (χ0n) is 10.2. The van der Waals surface area contributed by atoms with Crippen molar-refractivity contribution in [3.63, 3.8) is 0 Å². The van der Waals surface area contributed by atoms with E-state index in [4.69, 9.17) is 32.7 Å². The van der Waals surface area contributed by atoms with Gasteiger partial charge in [0, 0.05) is 10.6 Å². The van der Waals surface area contributed by atoms with Crippen LogP contribution in [0.15, 0.2) is 18.2 Å². The highest BCUT2D eigenvalue weighted by Gasteiger charge is 2.20. The summed E-state index contributed by atoms with van der Waals surface area (Å²) in [5.74, 6) is 1.81. The lowest BCUT2D eigenvalue weighted by Crippen LogP contribution is -1.98. The molecular weight excluding hydrogens is 327 g/mol. The summed E-state index contributed by atoms with van der Waals surface area (Å²) in [6.07, 6.45) is -0.329. The maximum Gasteiger partial charge on any atom is 0.185 e. The van der Waals surface area contributed by atoms with Crippen molar-refractivity contribution in [3.8, 4) is 0 Å². The van der Waals surface area contributed by atoms with Gasteiger partial charge in [-0.05, 0) is 18.0 Å². The maximum absolute atomic E-state index is 5.97. The molecule has 0 N–H and O–H groups in total. The first-order valence-electron chi connectivity index (χ1n) is 5.33. The quantitative estimate of drug-likeness (QED) is 0.662. The molecule has 1 heterocycles. The van der Waals surface area contributed by atoms with Gasteiger partial charge in [0.2, 0.25) is 0 Å². The predicted octanol–water partition coefficient (Wildman–Crippen LogP) is 5.08. The second-order valence-corrected chi connectivity index (χ2v) is 3.58. The van der Waals surface area contributed by atoms with Crippen LogP contribution in [0.25, 0.3) is 0 Å². The van der Waals surface area contributed by atoms with E-state index in [1.807, 2.05) is 25.7 Å². The largest absolute Gasteiger partial charge is 0.346 e. The molecule has 1 aromatic rings. The summed E-state index contributed by atoms with van der Waals surface area (Å²) in [6, 6.07) is 5.28. The van der Waals surface area contributed by atoms with E-state index in [-0.39, 0.29) is 6.29 Å². The molecule has 2 nitrogen and oxygen atoms in total. The smallest absolute Gasteiger partial charge is 0.185 e. The highest BCUT2D eigenvalue weighted by atomic mass is 79.9. The first-order valence-corrected chi connectivity index (χ1v) is 7.67. The van der Waals surface area contributed by atoms with Gasteiger partial charge in [-0.15, -0.1) is 0 Å². The van der Waals surface area contributed by atoms with E-state index in [9.17, 15) is 0 Å². The Kier molecular flexibility index (Phi) is 10.3. The molecule has 0 aromatic heterocycles. The molecule has 17 heavy (non-hydrogen) atoms. The summed E-state index contributed by atoms with van der Waals surface area (Å²) in [5, 5.41) is 1.20. The van der Waals surface area contributed by atoms with Crippen LogP contribution in [-0.2, 0) is 9.47 Å². The van der Waals surface area contributed by atoms with E-state index >= 15 is 0 Å². The van der Waals surface area contributed by atoms with Crippen molar-refractivity contribution < 1.29 is 9.47 Å². The van der Waals surface area contributed by atoms with Crippen LogP contribution in [0.4, 0.5) is 0 Å². The van der Waals surface area contributed by atoms with Crippen LogP contribution in [0.2, 0.25) is 10.0 Å². The third-order valence-corrected chi connectivity index (χ3v) is 2.40. The number of hydrogen-bond donors (Lipinski definition) is 0. The molecule has 1 aromatic carbocycles. The Bertz CT molecular complexity index is 315. The Labute approximate surface area is 121 Å². The van der Waals surface area contributed by atoms with E-state index < -0.39 is 0 Å². The monoisotopic (exact) mass is 342 g/mol. The van der Waals surface area contributed by atoms with Gasteiger partial charge >= 0.3 is 0 Å². The summed E-state index contributed by atoms with van der Waals surface area (Å²) in [7, 11) is 0. The fourth-order valence-corrected chi connectivity index (χ4v) is 1.73. The van der Waals surface area contributed by atoms with Gasteiger partial charge < -0.3 is 9.47 Å². The lowest BCUT2D eigenvalue weighted by molar-refractivity contribution is -0.0440. The minimum Gasteiger partial charge on any atom is -0.346 e. The second-order valence-electron chi connectivity index (χ2n) is 2.74. The Morgan fingerprint density at radius 1 is 1.12 bits per heavy atom.